The average Bonchev–Trinajstić information content (AvgIpc) is 3.43. The summed E-state index contributed by atoms with van der Waals surface area (Å²) in [7, 11) is 1.85. The molecule has 0 bridgehead atoms. The number of furan rings is 1. The summed E-state index contributed by atoms with van der Waals surface area (Å²) < 4.78 is 6.94. The normalized spacial score (nSPS) is 14.6. The molecule has 4 rings (SSSR count). The van der Waals surface area contributed by atoms with Crippen molar-refractivity contribution in [3.63, 3.8) is 0 Å². The third-order valence-corrected chi connectivity index (χ3v) is 6.11. The van der Waals surface area contributed by atoms with Gasteiger partial charge in [0.05, 0.1) is 23.2 Å². The fraction of sp³-hybridized carbons (Fsp3) is 0.375. The molecule has 0 radical (unpaired) electrons. The maximum atomic E-state index is 13.1. The maximum absolute atomic E-state index is 13.1. The first-order valence-electron chi connectivity index (χ1n) is 10.6. The van der Waals surface area contributed by atoms with Crippen LogP contribution in [0.15, 0.2) is 53.3 Å². The number of benzene rings is 1. The van der Waals surface area contributed by atoms with E-state index in [0.29, 0.717) is 38.0 Å². The molecule has 2 amide bonds. The first kappa shape index (κ1) is 20.9. The minimum Gasteiger partial charge on any atom is -0.472 e. The van der Waals surface area contributed by atoms with Gasteiger partial charge in [-0.3, -0.25) is 9.59 Å². The summed E-state index contributed by atoms with van der Waals surface area (Å²) >= 11 is 0. The van der Waals surface area contributed by atoms with Crippen LogP contribution in [0, 0.1) is 19.8 Å². The molecule has 7 heteroatoms. The molecule has 162 valence electrons. The van der Waals surface area contributed by atoms with Gasteiger partial charge in [-0.2, -0.15) is 5.10 Å². The van der Waals surface area contributed by atoms with Crippen molar-refractivity contribution in [2.75, 3.05) is 20.1 Å². The van der Waals surface area contributed by atoms with Crippen LogP contribution in [0.25, 0.3) is 5.69 Å². The quantitative estimate of drug-likeness (QED) is 0.632. The van der Waals surface area contributed by atoms with Crippen molar-refractivity contribution in [1.29, 1.82) is 0 Å². The number of piperidine rings is 1. The van der Waals surface area contributed by atoms with E-state index in [0.717, 1.165) is 22.6 Å². The molecule has 3 heterocycles. The minimum absolute atomic E-state index is 0.0346. The number of amides is 2. The molecular formula is C24H28N4O3. The van der Waals surface area contributed by atoms with Gasteiger partial charge in [0.2, 0.25) is 5.91 Å². The minimum atomic E-state index is -0.0665. The molecule has 7 nitrogen and oxygen atoms in total. The van der Waals surface area contributed by atoms with Gasteiger partial charge < -0.3 is 14.2 Å². The van der Waals surface area contributed by atoms with Gasteiger partial charge in [0.15, 0.2) is 0 Å². The largest absolute Gasteiger partial charge is 0.472 e. The number of carbonyl (C=O) groups excluding carboxylic acids is 2. The summed E-state index contributed by atoms with van der Waals surface area (Å²) in [5, 5.41) is 4.69. The summed E-state index contributed by atoms with van der Waals surface area (Å²) in [6.45, 7) is 5.72. The molecule has 2 aromatic heterocycles. The Kier molecular flexibility index (Phi) is 5.93. The number of para-hydroxylation sites is 1. The van der Waals surface area contributed by atoms with Gasteiger partial charge in [-0.15, -0.1) is 0 Å². The standard InChI is InChI=1S/C24H28N4O3/c1-17-22(18(2)28(25-17)21-7-5-4-6-8-21)15-26(3)23(29)19-9-12-27(13-10-19)24(30)20-11-14-31-16-20/h4-8,11,14,16,19H,9-10,12-13,15H2,1-3H3. The second kappa shape index (κ2) is 8.79. The van der Waals surface area contributed by atoms with Crippen molar-refractivity contribution in [3.8, 4) is 5.69 Å². The van der Waals surface area contributed by atoms with Crippen LogP contribution in [0.5, 0.6) is 0 Å². The van der Waals surface area contributed by atoms with Crippen molar-refractivity contribution in [3.05, 3.63) is 71.4 Å². The molecule has 31 heavy (non-hydrogen) atoms. The van der Waals surface area contributed by atoms with Crippen molar-refractivity contribution in [1.82, 2.24) is 19.6 Å². The number of carbonyl (C=O) groups is 2. The van der Waals surface area contributed by atoms with Gasteiger partial charge in [-0.05, 0) is 44.9 Å². The highest BCUT2D eigenvalue weighted by Crippen LogP contribution is 2.24. The van der Waals surface area contributed by atoms with Gasteiger partial charge in [0.25, 0.3) is 5.91 Å². The monoisotopic (exact) mass is 420 g/mol. The molecule has 1 aromatic carbocycles. The van der Waals surface area contributed by atoms with Crippen LogP contribution < -0.4 is 0 Å². The van der Waals surface area contributed by atoms with Gasteiger partial charge in [-0.25, -0.2) is 4.68 Å². The Hall–Kier alpha value is -3.35. The first-order chi connectivity index (χ1) is 15.0. The van der Waals surface area contributed by atoms with E-state index in [-0.39, 0.29) is 17.7 Å². The van der Waals surface area contributed by atoms with Gasteiger partial charge >= 0.3 is 0 Å². The molecule has 1 aliphatic rings. The SMILES string of the molecule is Cc1nn(-c2ccccc2)c(C)c1CN(C)C(=O)C1CCN(C(=O)c2ccoc2)CC1. The van der Waals surface area contributed by atoms with Crippen LogP contribution in [0.2, 0.25) is 0 Å². The summed E-state index contributed by atoms with van der Waals surface area (Å²) in [5.41, 5.74) is 4.62. The first-order valence-corrected chi connectivity index (χ1v) is 10.6. The number of hydrogen-bond acceptors (Lipinski definition) is 4. The van der Waals surface area contributed by atoms with E-state index in [9.17, 15) is 9.59 Å². The summed E-state index contributed by atoms with van der Waals surface area (Å²) in [6.07, 6.45) is 4.32. The second-order valence-electron chi connectivity index (χ2n) is 8.17. The molecule has 1 aliphatic heterocycles. The van der Waals surface area contributed by atoms with E-state index in [1.54, 1.807) is 15.9 Å². The molecule has 0 atom stereocenters. The maximum Gasteiger partial charge on any atom is 0.257 e. The number of aryl methyl sites for hydroxylation is 1. The van der Waals surface area contributed by atoms with E-state index >= 15 is 0 Å². The number of likely N-dealkylation sites (tertiary alicyclic amines) is 1. The van der Waals surface area contributed by atoms with E-state index in [2.05, 4.69) is 5.10 Å². The van der Waals surface area contributed by atoms with Crippen molar-refractivity contribution in [2.24, 2.45) is 5.92 Å². The Morgan fingerprint density at radius 3 is 2.48 bits per heavy atom. The number of nitrogens with zero attached hydrogens (tertiary/aromatic N) is 4. The molecule has 0 aliphatic carbocycles. The summed E-state index contributed by atoms with van der Waals surface area (Å²) in [5.74, 6) is 0.0254. The molecule has 0 spiro atoms. The lowest BCUT2D eigenvalue weighted by Crippen LogP contribution is -2.43. The third-order valence-electron chi connectivity index (χ3n) is 6.11. The Balaban J connectivity index is 1.39. The molecule has 1 saturated heterocycles. The fourth-order valence-electron chi connectivity index (χ4n) is 4.25. The van der Waals surface area contributed by atoms with Gasteiger partial charge in [-0.1, -0.05) is 18.2 Å². The van der Waals surface area contributed by atoms with E-state index < -0.39 is 0 Å². The third kappa shape index (κ3) is 4.26. The van der Waals surface area contributed by atoms with Crippen LogP contribution in [0.3, 0.4) is 0 Å². The van der Waals surface area contributed by atoms with Crippen LogP contribution >= 0.6 is 0 Å². The highest BCUT2D eigenvalue weighted by molar-refractivity contribution is 5.94. The molecule has 0 saturated carbocycles. The Bertz CT molecular complexity index is 1050. The lowest BCUT2D eigenvalue weighted by atomic mass is 9.94. The summed E-state index contributed by atoms with van der Waals surface area (Å²) in [4.78, 5) is 29.1. The summed E-state index contributed by atoms with van der Waals surface area (Å²) in [6, 6.07) is 11.7. The van der Waals surface area contributed by atoms with Crippen LogP contribution in [0.1, 0.15) is 40.2 Å². The Labute approximate surface area is 182 Å². The Morgan fingerprint density at radius 1 is 1.13 bits per heavy atom. The molecular weight excluding hydrogens is 392 g/mol. The highest BCUT2D eigenvalue weighted by atomic mass is 16.3. The topological polar surface area (TPSA) is 71.6 Å². The Morgan fingerprint density at radius 2 is 1.84 bits per heavy atom. The van der Waals surface area contributed by atoms with Crippen molar-refractivity contribution in [2.45, 2.75) is 33.2 Å². The molecule has 0 unspecified atom stereocenters. The van der Waals surface area contributed by atoms with E-state index in [1.807, 2.05) is 55.9 Å². The van der Waals surface area contributed by atoms with Crippen LogP contribution in [0.4, 0.5) is 0 Å². The zero-order chi connectivity index (χ0) is 22.0. The predicted molar refractivity (Wildman–Crippen MR) is 117 cm³/mol. The predicted octanol–water partition coefficient (Wildman–Crippen LogP) is 3.59. The van der Waals surface area contributed by atoms with E-state index in [4.69, 9.17) is 4.42 Å². The zero-order valence-corrected chi connectivity index (χ0v) is 18.2. The van der Waals surface area contributed by atoms with Gasteiger partial charge in [0, 0.05) is 43.9 Å². The number of aromatic nitrogens is 2. The number of hydrogen-bond donors (Lipinski definition) is 0. The zero-order valence-electron chi connectivity index (χ0n) is 18.2. The van der Waals surface area contributed by atoms with Crippen molar-refractivity contribution >= 4 is 11.8 Å². The molecule has 1 fully saturated rings. The number of rotatable bonds is 5. The lowest BCUT2D eigenvalue weighted by molar-refractivity contribution is -0.136. The highest BCUT2D eigenvalue weighted by Gasteiger charge is 2.30. The molecule has 0 N–H and O–H groups in total. The molecule has 3 aromatic rings. The smallest absolute Gasteiger partial charge is 0.257 e. The fourth-order valence-corrected chi connectivity index (χ4v) is 4.25. The van der Waals surface area contributed by atoms with Crippen LogP contribution in [-0.4, -0.2) is 51.5 Å². The van der Waals surface area contributed by atoms with Crippen molar-refractivity contribution < 1.29 is 14.0 Å². The second-order valence-corrected chi connectivity index (χ2v) is 8.17. The van der Waals surface area contributed by atoms with E-state index in [1.165, 1.54) is 12.5 Å². The lowest BCUT2D eigenvalue weighted by Gasteiger charge is -2.33. The van der Waals surface area contributed by atoms with Gasteiger partial charge in [0.1, 0.15) is 6.26 Å². The average molecular weight is 421 g/mol. The van der Waals surface area contributed by atoms with Crippen LogP contribution in [-0.2, 0) is 11.3 Å².